The molecule has 0 fully saturated rings. The van der Waals surface area contributed by atoms with E-state index in [-0.39, 0.29) is 18.6 Å². The predicted molar refractivity (Wildman–Crippen MR) is 96.1 cm³/mol. The van der Waals surface area contributed by atoms with Gasteiger partial charge in [-0.3, -0.25) is 0 Å². The highest BCUT2D eigenvalue weighted by atomic mass is 16.5. The summed E-state index contributed by atoms with van der Waals surface area (Å²) >= 11 is 0. The van der Waals surface area contributed by atoms with Crippen LogP contribution in [0.4, 0.5) is 4.79 Å². The number of urea groups is 1. The third kappa shape index (κ3) is 5.32. The number of hydrogen-bond donors (Lipinski definition) is 2. The minimum atomic E-state index is -0.988. The van der Waals surface area contributed by atoms with Crippen LogP contribution in [0, 0.1) is 13.8 Å². The van der Waals surface area contributed by atoms with Crippen LogP contribution in [0.1, 0.15) is 49.4 Å². The number of nitrogens with one attached hydrogen (secondary N) is 1. The molecule has 6 nitrogen and oxygen atoms in total. The summed E-state index contributed by atoms with van der Waals surface area (Å²) in [6.45, 7) is 9.61. The zero-order valence-electron chi connectivity index (χ0n) is 15.5. The van der Waals surface area contributed by atoms with Gasteiger partial charge in [0.2, 0.25) is 0 Å². The molecule has 0 aliphatic rings. The lowest BCUT2D eigenvalue weighted by atomic mass is 10.1. The standard InChI is InChI=1S/C19H27N3O3/c1-13(17-14(2)21-25-15(17)3)20-18(23)22(12-19(4,5)24)11-16-9-7-6-8-10-16/h6-10,13,24H,11-12H2,1-5H3,(H,20,23)/t13-/m1/s1. The molecule has 2 amide bonds. The molecule has 1 atom stereocenters. The lowest BCUT2D eigenvalue weighted by molar-refractivity contribution is 0.0442. The molecule has 2 N–H and O–H groups in total. The van der Waals surface area contributed by atoms with Crippen molar-refractivity contribution in [3.63, 3.8) is 0 Å². The number of carbonyl (C=O) groups excluding carboxylic acids is 1. The first-order valence-corrected chi connectivity index (χ1v) is 8.42. The zero-order chi connectivity index (χ0) is 18.6. The number of amides is 2. The first-order chi connectivity index (χ1) is 11.7. The number of nitrogens with zero attached hydrogens (tertiary/aromatic N) is 2. The fourth-order valence-corrected chi connectivity index (χ4v) is 2.93. The Kier molecular flexibility index (Phi) is 5.85. The van der Waals surface area contributed by atoms with Crippen LogP contribution in [-0.4, -0.2) is 33.3 Å². The summed E-state index contributed by atoms with van der Waals surface area (Å²) < 4.78 is 5.18. The normalized spacial score (nSPS) is 12.7. The van der Waals surface area contributed by atoms with Gasteiger partial charge in [0.1, 0.15) is 5.76 Å². The van der Waals surface area contributed by atoms with Crippen molar-refractivity contribution >= 4 is 6.03 Å². The molecular weight excluding hydrogens is 318 g/mol. The molecule has 0 saturated carbocycles. The minimum Gasteiger partial charge on any atom is -0.389 e. The molecule has 1 aromatic heterocycles. The minimum absolute atomic E-state index is 0.224. The highest BCUT2D eigenvalue weighted by Gasteiger charge is 2.25. The number of aryl methyl sites for hydroxylation is 2. The molecule has 0 radical (unpaired) electrons. The van der Waals surface area contributed by atoms with Crippen LogP contribution in [0.3, 0.4) is 0 Å². The Hall–Kier alpha value is -2.34. The SMILES string of the molecule is Cc1noc(C)c1[C@@H](C)NC(=O)N(Cc1ccccc1)CC(C)(C)O. The number of rotatable bonds is 6. The van der Waals surface area contributed by atoms with Crippen LogP contribution in [-0.2, 0) is 6.54 Å². The quantitative estimate of drug-likeness (QED) is 0.842. The number of aromatic nitrogens is 1. The van der Waals surface area contributed by atoms with Crippen molar-refractivity contribution in [2.75, 3.05) is 6.54 Å². The van der Waals surface area contributed by atoms with E-state index in [0.29, 0.717) is 12.3 Å². The average molecular weight is 345 g/mol. The molecule has 0 spiro atoms. The Morgan fingerprint density at radius 3 is 2.48 bits per heavy atom. The largest absolute Gasteiger partial charge is 0.389 e. The first-order valence-electron chi connectivity index (χ1n) is 8.42. The van der Waals surface area contributed by atoms with E-state index >= 15 is 0 Å². The molecule has 0 aliphatic carbocycles. The lowest BCUT2D eigenvalue weighted by Gasteiger charge is -2.30. The van der Waals surface area contributed by atoms with E-state index < -0.39 is 5.60 Å². The summed E-state index contributed by atoms with van der Waals surface area (Å²) in [5.41, 5.74) is 1.67. The Labute approximate surface area is 148 Å². The monoisotopic (exact) mass is 345 g/mol. The molecule has 1 heterocycles. The van der Waals surface area contributed by atoms with Crippen molar-refractivity contribution in [2.45, 2.75) is 52.8 Å². The average Bonchev–Trinajstić information content (AvgIpc) is 2.85. The van der Waals surface area contributed by atoms with Crippen LogP contribution in [0.25, 0.3) is 0 Å². The van der Waals surface area contributed by atoms with Gasteiger partial charge in [0.25, 0.3) is 0 Å². The van der Waals surface area contributed by atoms with Gasteiger partial charge in [-0.15, -0.1) is 0 Å². The van der Waals surface area contributed by atoms with Crippen molar-refractivity contribution in [2.24, 2.45) is 0 Å². The lowest BCUT2D eigenvalue weighted by Crippen LogP contribution is -2.47. The van der Waals surface area contributed by atoms with Crippen molar-refractivity contribution in [3.8, 4) is 0 Å². The summed E-state index contributed by atoms with van der Waals surface area (Å²) in [4.78, 5) is 14.4. The molecule has 0 bridgehead atoms. The fourth-order valence-electron chi connectivity index (χ4n) is 2.93. The van der Waals surface area contributed by atoms with Gasteiger partial charge in [-0.2, -0.15) is 0 Å². The summed E-state index contributed by atoms with van der Waals surface area (Å²) in [5.74, 6) is 0.697. The molecule has 1 aromatic carbocycles. The maximum atomic E-state index is 12.8. The number of carbonyl (C=O) groups is 1. The predicted octanol–water partition coefficient (Wildman–Crippen LogP) is 3.34. The van der Waals surface area contributed by atoms with Gasteiger partial charge in [-0.05, 0) is 40.2 Å². The van der Waals surface area contributed by atoms with E-state index in [9.17, 15) is 9.90 Å². The Morgan fingerprint density at radius 1 is 1.32 bits per heavy atom. The van der Waals surface area contributed by atoms with Crippen molar-refractivity contribution in [1.29, 1.82) is 0 Å². The molecular formula is C19H27N3O3. The van der Waals surface area contributed by atoms with Gasteiger partial charge in [-0.25, -0.2) is 4.79 Å². The first kappa shape index (κ1) is 19.0. The molecule has 2 aromatic rings. The van der Waals surface area contributed by atoms with Gasteiger partial charge in [0, 0.05) is 12.1 Å². The maximum Gasteiger partial charge on any atom is 0.318 e. The van der Waals surface area contributed by atoms with Gasteiger partial charge in [-0.1, -0.05) is 35.5 Å². The van der Waals surface area contributed by atoms with Gasteiger partial charge < -0.3 is 19.8 Å². The Balaban J connectivity index is 2.14. The van der Waals surface area contributed by atoms with Gasteiger partial charge >= 0.3 is 6.03 Å². The number of aliphatic hydroxyl groups is 1. The van der Waals surface area contributed by atoms with E-state index in [4.69, 9.17) is 4.52 Å². The van der Waals surface area contributed by atoms with Crippen molar-refractivity contribution in [3.05, 3.63) is 52.9 Å². The second-order valence-electron chi connectivity index (χ2n) is 7.06. The van der Waals surface area contributed by atoms with Gasteiger partial charge in [0.15, 0.2) is 0 Å². The van der Waals surface area contributed by atoms with Crippen molar-refractivity contribution in [1.82, 2.24) is 15.4 Å². The number of benzene rings is 1. The van der Waals surface area contributed by atoms with Crippen LogP contribution in [0.2, 0.25) is 0 Å². The fraction of sp³-hybridized carbons (Fsp3) is 0.474. The molecule has 0 unspecified atom stereocenters. The van der Waals surface area contributed by atoms with Crippen LogP contribution < -0.4 is 5.32 Å². The second-order valence-corrected chi connectivity index (χ2v) is 7.06. The van der Waals surface area contributed by atoms with E-state index in [1.54, 1.807) is 18.7 Å². The molecule has 6 heteroatoms. The maximum absolute atomic E-state index is 12.8. The van der Waals surface area contributed by atoms with Crippen LogP contribution in [0.5, 0.6) is 0 Å². The highest BCUT2D eigenvalue weighted by molar-refractivity contribution is 5.75. The smallest absolute Gasteiger partial charge is 0.318 e. The van der Waals surface area contributed by atoms with E-state index in [1.165, 1.54) is 0 Å². The topological polar surface area (TPSA) is 78.6 Å². The molecule has 25 heavy (non-hydrogen) atoms. The van der Waals surface area contributed by atoms with Crippen molar-refractivity contribution < 1.29 is 14.4 Å². The highest BCUT2D eigenvalue weighted by Crippen LogP contribution is 2.21. The number of hydrogen-bond acceptors (Lipinski definition) is 4. The third-order valence-electron chi connectivity index (χ3n) is 3.94. The zero-order valence-corrected chi connectivity index (χ0v) is 15.5. The summed E-state index contributed by atoms with van der Waals surface area (Å²) in [6.07, 6.45) is 0. The third-order valence-corrected chi connectivity index (χ3v) is 3.94. The summed E-state index contributed by atoms with van der Waals surface area (Å²) in [7, 11) is 0. The summed E-state index contributed by atoms with van der Waals surface area (Å²) in [6, 6.07) is 9.25. The summed E-state index contributed by atoms with van der Waals surface area (Å²) in [5, 5.41) is 17.1. The van der Waals surface area contributed by atoms with Crippen LogP contribution >= 0.6 is 0 Å². The Bertz CT molecular complexity index is 685. The molecule has 2 rings (SSSR count). The molecule has 0 aliphatic heterocycles. The van der Waals surface area contributed by atoms with E-state index in [2.05, 4.69) is 10.5 Å². The van der Waals surface area contributed by atoms with Crippen LogP contribution in [0.15, 0.2) is 34.9 Å². The second kappa shape index (κ2) is 7.70. The molecule has 136 valence electrons. The van der Waals surface area contributed by atoms with E-state index in [0.717, 1.165) is 16.8 Å². The van der Waals surface area contributed by atoms with E-state index in [1.807, 2.05) is 51.1 Å². The Morgan fingerprint density at radius 2 is 1.96 bits per heavy atom. The van der Waals surface area contributed by atoms with Gasteiger partial charge in [0.05, 0.1) is 23.9 Å². The molecule has 0 saturated heterocycles.